The summed E-state index contributed by atoms with van der Waals surface area (Å²) in [6, 6.07) is 4.67. The molecule has 1 aliphatic heterocycles. The SMILES string of the molecule is COC(=O)C(C)NP(=O)(OCC1OC(n2cc(C)c(=O)[nH]c2=O)CC1N)Oc1ccc(OC)cc1. The molecular weight excluding hydrogens is 483 g/mol. The Hall–Kier alpha value is -2.96. The normalized spacial score (nSPS) is 22.3. The zero-order valence-corrected chi connectivity index (χ0v) is 20.7. The lowest BCUT2D eigenvalue weighted by atomic mass is 10.1. The lowest BCUT2D eigenvalue weighted by molar-refractivity contribution is -0.142. The van der Waals surface area contributed by atoms with E-state index in [-0.39, 0.29) is 18.8 Å². The maximum absolute atomic E-state index is 13.5. The minimum atomic E-state index is -4.13. The fourth-order valence-corrected chi connectivity index (χ4v) is 4.89. The topological polar surface area (TPSA) is 173 Å². The maximum Gasteiger partial charge on any atom is 0.459 e. The first-order chi connectivity index (χ1) is 16.5. The van der Waals surface area contributed by atoms with Crippen LogP contribution in [0.5, 0.6) is 11.5 Å². The number of hydrogen-bond acceptors (Lipinski definition) is 10. The second kappa shape index (κ2) is 11.2. The Balaban J connectivity index is 1.75. The summed E-state index contributed by atoms with van der Waals surface area (Å²) in [7, 11) is -1.42. The molecule has 3 rings (SSSR count). The zero-order chi connectivity index (χ0) is 25.8. The van der Waals surface area contributed by atoms with Gasteiger partial charge in [0, 0.05) is 24.2 Å². The molecule has 1 aromatic heterocycles. The van der Waals surface area contributed by atoms with E-state index in [0.717, 1.165) is 0 Å². The van der Waals surface area contributed by atoms with Crippen molar-refractivity contribution in [2.24, 2.45) is 5.73 Å². The molecule has 2 heterocycles. The number of carbonyl (C=O) groups excluding carboxylic acids is 1. The number of nitrogens with two attached hydrogens (primary N) is 1. The van der Waals surface area contributed by atoms with Crippen LogP contribution in [0.15, 0.2) is 40.1 Å². The van der Waals surface area contributed by atoms with Crippen molar-refractivity contribution in [3.05, 3.63) is 56.9 Å². The van der Waals surface area contributed by atoms with Crippen LogP contribution in [0.1, 0.15) is 25.1 Å². The smallest absolute Gasteiger partial charge is 0.459 e. The highest BCUT2D eigenvalue weighted by atomic mass is 31.2. The summed E-state index contributed by atoms with van der Waals surface area (Å²) in [5.41, 5.74) is 5.38. The molecule has 1 saturated heterocycles. The van der Waals surface area contributed by atoms with Gasteiger partial charge >= 0.3 is 19.4 Å². The van der Waals surface area contributed by atoms with Crippen LogP contribution in [0.25, 0.3) is 0 Å². The van der Waals surface area contributed by atoms with E-state index in [1.807, 2.05) is 0 Å². The lowest BCUT2D eigenvalue weighted by Crippen LogP contribution is -2.37. The average molecular weight is 512 g/mol. The molecule has 35 heavy (non-hydrogen) atoms. The van der Waals surface area contributed by atoms with Crippen molar-refractivity contribution in [1.82, 2.24) is 14.6 Å². The quantitative estimate of drug-likeness (QED) is 0.304. The van der Waals surface area contributed by atoms with Crippen LogP contribution in [-0.4, -0.2) is 54.5 Å². The first kappa shape index (κ1) is 26.6. The van der Waals surface area contributed by atoms with E-state index in [0.29, 0.717) is 11.3 Å². The van der Waals surface area contributed by atoms with E-state index in [1.54, 1.807) is 19.1 Å². The monoisotopic (exact) mass is 512 g/mol. The summed E-state index contributed by atoms with van der Waals surface area (Å²) < 4.78 is 41.6. The number of benzene rings is 1. The number of rotatable bonds is 10. The average Bonchev–Trinajstić information content (AvgIpc) is 3.20. The highest BCUT2D eigenvalue weighted by Crippen LogP contribution is 2.46. The molecule has 14 heteroatoms. The van der Waals surface area contributed by atoms with E-state index in [4.69, 9.17) is 24.3 Å². The van der Waals surface area contributed by atoms with Gasteiger partial charge in [-0.1, -0.05) is 0 Å². The molecule has 5 unspecified atom stereocenters. The van der Waals surface area contributed by atoms with Crippen molar-refractivity contribution in [1.29, 1.82) is 0 Å². The maximum atomic E-state index is 13.5. The van der Waals surface area contributed by atoms with E-state index in [1.165, 1.54) is 44.0 Å². The first-order valence-electron chi connectivity index (χ1n) is 10.7. The Morgan fingerprint density at radius 2 is 1.94 bits per heavy atom. The van der Waals surface area contributed by atoms with Crippen molar-refractivity contribution in [3.8, 4) is 11.5 Å². The third-order valence-electron chi connectivity index (χ3n) is 5.34. The summed E-state index contributed by atoms with van der Waals surface area (Å²) in [6.45, 7) is 2.73. The fourth-order valence-electron chi connectivity index (χ4n) is 3.39. The van der Waals surface area contributed by atoms with Gasteiger partial charge in [-0.25, -0.2) is 9.36 Å². The number of H-pyrrole nitrogens is 1. The fraction of sp³-hybridized carbons (Fsp3) is 0.476. The Morgan fingerprint density at radius 3 is 2.57 bits per heavy atom. The van der Waals surface area contributed by atoms with Gasteiger partial charge in [-0.3, -0.25) is 23.7 Å². The second-order valence-corrected chi connectivity index (χ2v) is 9.64. The number of hydrogen-bond donors (Lipinski definition) is 3. The van der Waals surface area contributed by atoms with Crippen LogP contribution in [-0.2, 0) is 23.4 Å². The summed E-state index contributed by atoms with van der Waals surface area (Å²) in [5.74, 6) is 0.0884. The van der Waals surface area contributed by atoms with Crippen LogP contribution in [0, 0.1) is 6.92 Å². The van der Waals surface area contributed by atoms with Gasteiger partial charge in [0.05, 0.1) is 26.9 Å². The molecule has 1 aromatic carbocycles. The predicted molar refractivity (Wildman–Crippen MR) is 124 cm³/mol. The van der Waals surface area contributed by atoms with Gasteiger partial charge < -0.3 is 24.5 Å². The van der Waals surface area contributed by atoms with Gasteiger partial charge in [-0.15, -0.1) is 0 Å². The second-order valence-electron chi connectivity index (χ2n) is 7.94. The molecule has 13 nitrogen and oxygen atoms in total. The van der Waals surface area contributed by atoms with Crippen molar-refractivity contribution in [2.45, 2.75) is 44.7 Å². The van der Waals surface area contributed by atoms with Gasteiger partial charge in [0.25, 0.3) is 5.56 Å². The Morgan fingerprint density at radius 1 is 1.29 bits per heavy atom. The number of carbonyl (C=O) groups is 1. The van der Waals surface area contributed by atoms with Crippen LogP contribution < -0.4 is 31.3 Å². The van der Waals surface area contributed by atoms with Crippen molar-refractivity contribution >= 4 is 13.7 Å². The van der Waals surface area contributed by atoms with E-state index < -0.39 is 49.4 Å². The van der Waals surface area contributed by atoms with Gasteiger partial charge in [0.15, 0.2) is 0 Å². The van der Waals surface area contributed by atoms with Gasteiger partial charge in [-0.05, 0) is 38.1 Å². The number of ether oxygens (including phenoxy) is 3. The van der Waals surface area contributed by atoms with Crippen LogP contribution in [0.2, 0.25) is 0 Å². The summed E-state index contributed by atoms with van der Waals surface area (Å²) in [4.78, 5) is 37.9. The van der Waals surface area contributed by atoms with Crippen LogP contribution in [0.3, 0.4) is 0 Å². The summed E-state index contributed by atoms with van der Waals surface area (Å²) in [6.07, 6.45) is 0.112. The van der Waals surface area contributed by atoms with Gasteiger partial charge in [0.1, 0.15) is 23.8 Å². The molecule has 0 saturated carbocycles. The molecule has 0 bridgehead atoms. The molecular formula is C21H29N4O9P. The molecule has 192 valence electrons. The summed E-state index contributed by atoms with van der Waals surface area (Å²) in [5, 5.41) is 2.54. The minimum Gasteiger partial charge on any atom is -0.497 e. The molecule has 0 spiro atoms. The highest BCUT2D eigenvalue weighted by Gasteiger charge is 2.38. The Bertz CT molecular complexity index is 1200. The summed E-state index contributed by atoms with van der Waals surface area (Å²) >= 11 is 0. The van der Waals surface area contributed by atoms with Gasteiger partial charge in [0.2, 0.25) is 0 Å². The number of aromatic nitrogens is 2. The number of methoxy groups -OCH3 is 2. The molecule has 0 radical (unpaired) electrons. The Kier molecular flexibility index (Phi) is 8.51. The highest BCUT2D eigenvalue weighted by molar-refractivity contribution is 7.52. The molecule has 5 atom stereocenters. The van der Waals surface area contributed by atoms with E-state index >= 15 is 0 Å². The third kappa shape index (κ3) is 6.59. The lowest BCUT2D eigenvalue weighted by Gasteiger charge is -2.24. The number of nitrogens with zero attached hydrogens (tertiary/aromatic N) is 1. The zero-order valence-electron chi connectivity index (χ0n) is 19.8. The van der Waals surface area contributed by atoms with Crippen LogP contribution >= 0.6 is 7.75 Å². The minimum absolute atomic E-state index is 0.198. The number of esters is 1. The molecule has 1 fully saturated rings. The Labute approximate surface area is 201 Å². The van der Waals surface area contributed by atoms with Crippen molar-refractivity contribution in [3.63, 3.8) is 0 Å². The molecule has 2 aromatic rings. The first-order valence-corrected chi connectivity index (χ1v) is 12.3. The largest absolute Gasteiger partial charge is 0.497 e. The number of aryl methyl sites for hydroxylation is 1. The molecule has 0 aliphatic carbocycles. The predicted octanol–water partition coefficient (Wildman–Crippen LogP) is 0.823. The molecule has 4 N–H and O–H groups in total. The van der Waals surface area contributed by atoms with Crippen LogP contribution in [0.4, 0.5) is 0 Å². The molecule has 0 amide bonds. The standard InChI is InChI=1S/C21H29N4O9P/c1-12-10-25(21(28)23-19(12)26)18-9-16(22)17(33-18)11-32-35(29,24-13(2)20(27)31-4)34-15-7-5-14(30-3)6-8-15/h5-8,10,13,16-18H,9,11,22H2,1-4H3,(H,24,29)(H,23,26,28). The molecule has 1 aliphatic rings. The third-order valence-corrected chi connectivity index (χ3v) is 6.98. The van der Waals surface area contributed by atoms with Gasteiger partial charge in [-0.2, -0.15) is 5.09 Å². The van der Waals surface area contributed by atoms with Crippen molar-refractivity contribution < 1.29 is 32.6 Å². The van der Waals surface area contributed by atoms with E-state index in [2.05, 4.69) is 14.8 Å². The number of aromatic amines is 1. The van der Waals surface area contributed by atoms with Crippen molar-refractivity contribution in [2.75, 3.05) is 20.8 Å². The number of nitrogens with one attached hydrogen (secondary N) is 2. The van der Waals surface area contributed by atoms with E-state index in [9.17, 15) is 18.9 Å².